The van der Waals surface area contributed by atoms with Gasteiger partial charge in [0.2, 0.25) is 5.78 Å². The van der Waals surface area contributed by atoms with Crippen LogP contribution >= 0.6 is 11.8 Å². The van der Waals surface area contributed by atoms with Gasteiger partial charge in [-0.1, -0.05) is 29.8 Å². The fraction of sp³-hybridized carbons (Fsp3) is 0.211. The van der Waals surface area contributed by atoms with Crippen LogP contribution in [0, 0.1) is 13.8 Å². The molecular formula is C19H18N4OS. The maximum Gasteiger partial charge on any atom is 0.262 e. The molecule has 0 saturated carbocycles. The molecule has 2 aromatic carbocycles. The minimum absolute atomic E-state index is 0.0518. The molecule has 2 heterocycles. The molecule has 0 spiro atoms. The SMILES string of the molecule is Cc1ccc(SCc2nnc3n(C)c(=O)c4ccccc4n23)c(C)c1. The zero-order valence-electron chi connectivity index (χ0n) is 14.4. The predicted octanol–water partition coefficient (Wildman–Crippen LogP) is 3.49. The minimum Gasteiger partial charge on any atom is -0.279 e. The fourth-order valence-corrected chi connectivity index (χ4v) is 4.01. The van der Waals surface area contributed by atoms with Gasteiger partial charge in [0, 0.05) is 11.9 Å². The van der Waals surface area contributed by atoms with Gasteiger partial charge in [0.15, 0.2) is 0 Å². The molecule has 0 saturated heterocycles. The normalized spacial score (nSPS) is 11.5. The van der Waals surface area contributed by atoms with E-state index in [1.54, 1.807) is 23.4 Å². The second-order valence-corrected chi connectivity index (χ2v) is 7.21. The molecule has 126 valence electrons. The summed E-state index contributed by atoms with van der Waals surface area (Å²) in [4.78, 5) is 13.7. The van der Waals surface area contributed by atoms with E-state index in [2.05, 4.69) is 42.2 Å². The maximum absolute atomic E-state index is 12.5. The molecule has 0 aliphatic carbocycles. The molecule has 2 aromatic heterocycles. The molecule has 0 fully saturated rings. The highest BCUT2D eigenvalue weighted by atomic mass is 32.2. The van der Waals surface area contributed by atoms with Crippen LogP contribution < -0.4 is 5.56 Å². The molecule has 0 atom stereocenters. The zero-order chi connectivity index (χ0) is 17.6. The lowest BCUT2D eigenvalue weighted by atomic mass is 10.2. The molecule has 4 rings (SSSR count). The van der Waals surface area contributed by atoms with Gasteiger partial charge in [0.1, 0.15) is 5.82 Å². The quantitative estimate of drug-likeness (QED) is 0.531. The maximum atomic E-state index is 12.5. The summed E-state index contributed by atoms with van der Waals surface area (Å²) in [6.45, 7) is 4.22. The Balaban J connectivity index is 1.82. The highest BCUT2D eigenvalue weighted by Gasteiger charge is 2.14. The number of rotatable bonds is 3. The van der Waals surface area contributed by atoms with Crippen LogP contribution in [0.1, 0.15) is 17.0 Å². The van der Waals surface area contributed by atoms with Crippen molar-refractivity contribution in [2.45, 2.75) is 24.5 Å². The average Bonchev–Trinajstić information content (AvgIpc) is 3.03. The lowest BCUT2D eigenvalue weighted by molar-refractivity contribution is 0.858. The van der Waals surface area contributed by atoms with Gasteiger partial charge in [-0.05, 0) is 37.6 Å². The molecule has 5 nitrogen and oxygen atoms in total. The standard InChI is InChI=1S/C19H18N4OS/c1-12-8-9-16(13(2)10-12)25-11-17-20-21-19-22(3)18(24)14-6-4-5-7-15(14)23(17)19/h4-10H,11H2,1-3H3. The molecular weight excluding hydrogens is 332 g/mol. The largest absolute Gasteiger partial charge is 0.279 e. The van der Waals surface area contributed by atoms with E-state index in [9.17, 15) is 4.79 Å². The molecule has 0 amide bonds. The first-order valence-electron chi connectivity index (χ1n) is 8.08. The first kappa shape index (κ1) is 15.9. The van der Waals surface area contributed by atoms with Crippen molar-refractivity contribution in [2.24, 2.45) is 7.05 Å². The number of para-hydroxylation sites is 1. The van der Waals surface area contributed by atoms with E-state index < -0.39 is 0 Å². The van der Waals surface area contributed by atoms with E-state index in [4.69, 9.17) is 0 Å². The number of aromatic nitrogens is 4. The Hall–Kier alpha value is -2.60. The third-order valence-electron chi connectivity index (χ3n) is 4.38. The number of hydrogen-bond donors (Lipinski definition) is 0. The summed E-state index contributed by atoms with van der Waals surface area (Å²) < 4.78 is 3.54. The van der Waals surface area contributed by atoms with Crippen molar-refractivity contribution < 1.29 is 0 Å². The summed E-state index contributed by atoms with van der Waals surface area (Å²) in [5, 5.41) is 9.26. The van der Waals surface area contributed by atoms with Gasteiger partial charge in [-0.3, -0.25) is 13.8 Å². The van der Waals surface area contributed by atoms with Crippen LogP contribution in [-0.2, 0) is 12.8 Å². The van der Waals surface area contributed by atoms with Gasteiger partial charge in [-0.2, -0.15) is 0 Å². The number of nitrogens with zero attached hydrogens (tertiary/aromatic N) is 4. The highest BCUT2D eigenvalue weighted by molar-refractivity contribution is 7.98. The second-order valence-electron chi connectivity index (χ2n) is 6.19. The Kier molecular flexibility index (Phi) is 3.84. The number of thioether (sulfide) groups is 1. The van der Waals surface area contributed by atoms with Gasteiger partial charge in [0.05, 0.1) is 16.7 Å². The van der Waals surface area contributed by atoms with Crippen molar-refractivity contribution in [3.63, 3.8) is 0 Å². The van der Waals surface area contributed by atoms with Crippen LogP contribution in [0.15, 0.2) is 52.2 Å². The van der Waals surface area contributed by atoms with E-state index in [0.29, 0.717) is 16.9 Å². The van der Waals surface area contributed by atoms with Crippen molar-refractivity contribution in [3.05, 3.63) is 69.8 Å². The molecule has 4 aromatic rings. The Morgan fingerprint density at radius 2 is 1.88 bits per heavy atom. The summed E-state index contributed by atoms with van der Waals surface area (Å²) >= 11 is 1.74. The molecule has 6 heteroatoms. The first-order chi connectivity index (χ1) is 12.1. The molecule has 0 aliphatic rings. The van der Waals surface area contributed by atoms with Crippen LogP contribution in [0.2, 0.25) is 0 Å². The Labute approximate surface area is 149 Å². The van der Waals surface area contributed by atoms with Crippen molar-refractivity contribution >= 4 is 28.4 Å². The number of hydrogen-bond acceptors (Lipinski definition) is 4. The third-order valence-corrected chi connectivity index (χ3v) is 5.55. The van der Waals surface area contributed by atoms with E-state index in [0.717, 1.165) is 11.3 Å². The van der Waals surface area contributed by atoms with Crippen LogP contribution in [-0.4, -0.2) is 19.2 Å². The number of fused-ring (bicyclic) bond motifs is 3. The van der Waals surface area contributed by atoms with Crippen molar-refractivity contribution in [1.82, 2.24) is 19.2 Å². The predicted molar refractivity (Wildman–Crippen MR) is 101 cm³/mol. The van der Waals surface area contributed by atoms with Gasteiger partial charge < -0.3 is 0 Å². The smallest absolute Gasteiger partial charge is 0.262 e. The zero-order valence-corrected chi connectivity index (χ0v) is 15.2. The van der Waals surface area contributed by atoms with E-state index in [1.165, 1.54) is 16.0 Å². The van der Waals surface area contributed by atoms with Crippen molar-refractivity contribution in [3.8, 4) is 0 Å². The van der Waals surface area contributed by atoms with Gasteiger partial charge in [-0.25, -0.2) is 0 Å². The van der Waals surface area contributed by atoms with Gasteiger partial charge in [0.25, 0.3) is 5.56 Å². The Morgan fingerprint density at radius 3 is 2.68 bits per heavy atom. The van der Waals surface area contributed by atoms with Crippen molar-refractivity contribution in [1.29, 1.82) is 0 Å². The monoisotopic (exact) mass is 350 g/mol. The molecule has 0 N–H and O–H groups in total. The fourth-order valence-electron chi connectivity index (χ4n) is 3.09. The number of aryl methyl sites for hydroxylation is 3. The average molecular weight is 350 g/mol. The summed E-state index contributed by atoms with van der Waals surface area (Å²) in [6, 6.07) is 14.1. The first-order valence-corrected chi connectivity index (χ1v) is 9.06. The lowest BCUT2D eigenvalue weighted by Crippen LogP contribution is -2.20. The second kappa shape index (κ2) is 6.04. The molecule has 0 bridgehead atoms. The third kappa shape index (κ3) is 2.62. The number of benzene rings is 2. The highest BCUT2D eigenvalue weighted by Crippen LogP contribution is 2.27. The topological polar surface area (TPSA) is 52.2 Å². The molecule has 0 radical (unpaired) electrons. The van der Waals surface area contributed by atoms with E-state index >= 15 is 0 Å². The van der Waals surface area contributed by atoms with Crippen LogP contribution in [0.3, 0.4) is 0 Å². The van der Waals surface area contributed by atoms with Crippen LogP contribution in [0.5, 0.6) is 0 Å². The summed E-state index contributed by atoms with van der Waals surface area (Å²) in [6.07, 6.45) is 0. The molecule has 25 heavy (non-hydrogen) atoms. The van der Waals surface area contributed by atoms with Crippen molar-refractivity contribution in [2.75, 3.05) is 0 Å². The Morgan fingerprint density at radius 1 is 1.08 bits per heavy atom. The van der Waals surface area contributed by atoms with Crippen LogP contribution in [0.25, 0.3) is 16.7 Å². The molecule has 0 aliphatic heterocycles. The summed E-state index contributed by atoms with van der Waals surface area (Å²) in [5.41, 5.74) is 3.32. The van der Waals surface area contributed by atoms with E-state index in [1.807, 2.05) is 28.7 Å². The van der Waals surface area contributed by atoms with Gasteiger partial charge >= 0.3 is 0 Å². The molecule has 0 unspecified atom stereocenters. The summed E-state index contributed by atoms with van der Waals surface area (Å²) in [7, 11) is 1.74. The summed E-state index contributed by atoms with van der Waals surface area (Å²) in [5.74, 6) is 2.10. The minimum atomic E-state index is -0.0518. The Bertz CT molecular complexity index is 1160. The van der Waals surface area contributed by atoms with E-state index in [-0.39, 0.29) is 5.56 Å². The van der Waals surface area contributed by atoms with Gasteiger partial charge in [-0.15, -0.1) is 22.0 Å². The lowest BCUT2D eigenvalue weighted by Gasteiger charge is -2.09. The van der Waals surface area contributed by atoms with Crippen LogP contribution in [0.4, 0.5) is 0 Å².